The highest BCUT2D eigenvalue weighted by Crippen LogP contribution is 2.31. The van der Waals surface area contributed by atoms with Gasteiger partial charge in [-0.05, 0) is 29.3 Å². The van der Waals surface area contributed by atoms with E-state index in [2.05, 4.69) is 87.9 Å². The summed E-state index contributed by atoms with van der Waals surface area (Å²) < 4.78 is 0. The van der Waals surface area contributed by atoms with Crippen LogP contribution in [0.4, 0.5) is 17.1 Å². The molecule has 1 aliphatic heterocycles. The number of anilines is 3. The van der Waals surface area contributed by atoms with Crippen molar-refractivity contribution in [1.82, 2.24) is 5.32 Å². The van der Waals surface area contributed by atoms with Gasteiger partial charge in [-0.25, -0.2) is 5.32 Å². The topological polar surface area (TPSA) is 46.6 Å². The molecule has 0 saturated carbocycles. The molecule has 3 aromatic carbocycles. The molecule has 4 rings (SSSR count). The van der Waals surface area contributed by atoms with Crippen LogP contribution in [-0.2, 0) is 13.1 Å². The zero-order valence-electron chi connectivity index (χ0n) is 16.2. The highest BCUT2D eigenvalue weighted by molar-refractivity contribution is 5.73. The van der Waals surface area contributed by atoms with Crippen LogP contribution in [0.3, 0.4) is 0 Å². The van der Waals surface area contributed by atoms with Gasteiger partial charge in [-0.1, -0.05) is 60.7 Å². The molecule has 143 valence electrons. The van der Waals surface area contributed by atoms with Crippen molar-refractivity contribution in [3.8, 4) is 0 Å². The van der Waals surface area contributed by atoms with Crippen molar-refractivity contribution in [1.29, 1.82) is 0 Å². The third kappa shape index (κ3) is 4.46. The van der Waals surface area contributed by atoms with Crippen LogP contribution in [0.5, 0.6) is 0 Å². The molecule has 2 N–H and O–H groups in total. The first kappa shape index (κ1) is 18.4. The van der Waals surface area contributed by atoms with Crippen LogP contribution >= 0.6 is 0 Å². The van der Waals surface area contributed by atoms with Crippen LogP contribution in [0.25, 0.3) is 0 Å². The van der Waals surface area contributed by atoms with E-state index in [0.717, 1.165) is 50.6 Å². The van der Waals surface area contributed by atoms with E-state index in [0.29, 0.717) is 0 Å². The lowest BCUT2D eigenvalue weighted by Crippen LogP contribution is -2.40. The van der Waals surface area contributed by atoms with Crippen molar-refractivity contribution in [2.75, 3.05) is 41.7 Å². The zero-order valence-corrected chi connectivity index (χ0v) is 16.2. The third-order valence-corrected chi connectivity index (χ3v) is 5.21. The molecule has 0 unspecified atom stereocenters. The van der Waals surface area contributed by atoms with Gasteiger partial charge in [0.1, 0.15) is 0 Å². The number of nitrogens with zero attached hydrogens (tertiary/aromatic N) is 3. The van der Waals surface area contributed by atoms with Gasteiger partial charge in [0.2, 0.25) is 0 Å². The summed E-state index contributed by atoms with van der Waals surface area (Å²) in [6, 6.07) is 27.6. The predicted octanol–water partition coefficient (Wildman–Crippen LogP) is 3.90. The number of rotatable bonds is 6. The Kier molecular flexibility index (Phi) is 5.78. The molecule has 1 saturated heterocycles. The maximum Gasteiger partial charge on any atom is 0.0626 e. The molecule has 1 heterocycles. The fourth-order valence-corrected chi connectivity index (χ4v) is 3.70. The van der Waals surface area contributed by atoms with E-state index in [1.54, 1.807) is 0 Å². The largest absolute Gasteiger partial charge is 0.397 e. The molecule has 0 aliphatic carbocycles. The molecule has 1 fully saturated rings. The Morgan fingerprint density at radius 2 is 1.36 bits per heavy atom. The molecule has 28 heavy (non-hydrogen) atoms. The molecule has 0 aromatic heterocycles. The summed E-state index contributed by atoms with van der Waals surface area (Å²) >= 11 is 0. The molecule has 4 heteroatoms. The van der Waals surface area contributed by atoms with Crippen LogP contribution in [0.15, 0.2) is 78.9 Å². The molecule has 1 radical (unpaired) electrons. The van der Waals surface area contributed by atoms with Gasteiger partial charge in [0, 0.05) is 45.0 Å². The summed E-state index contributed by atoms with van der Waals surface area (Å²) in [7, 11) is 0. The minimum Gasteiger partial charge on any atom is -0.397 e. The van der Waals surface area contributed by atoms with Gasteiger partial charge in [-0.3, -0.25) is 0 Å². The molecule has 1 aliphatic rings. The van der Waals surface area contributed by atoms with E-state index in [1.807, 2.05) is 6.07 Å². The Hall–Kier alpha value is -2.98. The minimum atomic E-state index is 0.817. The number of nitrogen functional groups attached to an aromatic ring is 1. The average molecular weight is 372 g/mol. The van der Waals surface area contributed by atoms with E-state index < -0.39 is 0 Å². The second kappa shape index (κ2) is 8.81. The Balaban J connectivity index is 1.66. The first-order chi connectivity index (χ1) is 13.8. The fourth-order valence-electron chi connectivity index (χ4n) is 3.70. The van der Waals surface area contributed by atoms with Gasteiger partial charge >= 0.3 is 0 Å². The maximum absolute atomic E-state index is 6.45. The number of hydrogen-bond acceptors (Lipinski definition) is 3. The van der Waals surface area contributed by atoms with Crippen LogP contribution in [0.2, 0.25) is 0 Å². The summed E-state index contributed by atoms with van der Waals surface area (Å²) in [4.78, 5) is 4.77. The van der Waals surface area contributed by atoms with Gasteiger partial charge in [-0.15, -0.1) is 0 Å². The molecule has 0 amide bonds. The standard InChI is InChI=1S/C24H27N4/c25-23-12-11-22(27-15-13-26-14-16-27)17-24(23)28(18-20-7-3-1-4-8-20)19-21-9-5-2-6-10-21/h1-12,17H,13-16,18-19,25H2. The molecule has 0 atom stereocenters. The van der Waals surface area contributed by atoms with Gasteiger partial charge in [0.05, 0.1) is 11.4 Å². The second-order valence-electron chi connectivity index (χ2n) is 7.23. The first-order valence-electron chi connectivity index (χ1n) is 9.90. The lowest BCUT2D eigenvalue weighted by molar-refractivity contribution is 0.579. The van der Waals surface area contributed by atoms with Crippen molar-refractivity contribution in [3.05, 3.63) is 90.0 Å². The zero-order chi connectivity index (χ0) is 19.2. The van der Waals surface area contributed by atoms with Crippen molar-refractivity contribution in [3.63, 3.8) is 0 Å². The normalized spacial score (nSPS) is 14.1. The summed E-state index contributed by atoms with van der Waals surface area (Å²) in [6.45, 7) is 5.38. The van der Waals surface area contributed by atoms with Crippen molar-refractivity contribution < 1.29 is 0 Å². The van der Waals surface area contributed by atoms with E-state index in [4.69, 9.17) is 5.73 Å². The maximum atomic E-state index is 6.45. The SMILES string of the molecule is Nc1ccc(N2CC[N]CC2)cc1N(Cc1ccccc1)Cc1ccccc1. The van der Waals surface area contributed by atoms with Gasteiger partial charge in [0.25, 0.3) is 0 Å². The monoisotopic (exact) mass is 371 g/mol. The average Bonchev–Trinajstić information content (AvgIpc) is 2.76. The van der Waals surface area contributed by atoms with E-state index >= 15 is 0 Å². The Bertz CT molecular complexity index is 832. The molecule has 4 nitrogen and oxygen atoms in total. The lowest BCUT2D eigenvalue weighted by Gasteiger charge is -2.31. The second-order valence-corrected chi connectivity index (χ2v) is 7.23. The van der Waals surface area contributed by atoms with Crippen molar-refractivity contribution in [2.24, 2.45) is 0 Å². The molecule has 0 bridgehead atoms. The summed E-state index contributed by atoms with van der Waals surface area (Å²) in [5.74, 6) is 0. The summed E-state index contributed by atoms with van der Waals surface area (Å²) in [5, 5.41) is 4.46. The number of hydrogen-bond donors (Lipinski definition) is 1. The van der Waals surface area contributed by atoms with Crippen molar-refractivity contribution in [2.45, 2.75) is 13.1 Å². The Labute approximate surface area is 167 Å². The predicted molar refractivity (Wildman–Crippen MR) is 118 cm³/mol. The van der Waals surface area contributed by atoms with Crippen LogP contribution in [-0.4, -0.2) is 26.2 Å². The van der Waals surface area contributed by atoms with E-state index in [9.17, 15) is 0 Å². The van der Waals surface area contributed by atoms with E-state index in [-0.39, 0.29) is 0 Å². The number of benzene rings is 3. The van der Waals surface area contributed by atoms with Gasteiger partial charge in [-0.2, -0.15) is 0 Å². The van der Waals surface area contributed by atoms with Gasteiger partial charge in [0.15, 0.2) is 0 Å². The summed E-state index contributed by atoms with van der Waals surface area (Å²) in [5.41, 5.74) is 12.1. The smallest absolute Gasteiger partial charge is 0.0626 e. The highest BCUT2D eigenvalue weighted by atomic mass is 15.2. The van der Waals surface area contributed by atoms with Crippen LogP contribution in [0.1, 0.15) is 11.1 Å². The van der Waals surface area contributed by atoms with Crippen LogP contribution in [0, 0.1) is 0 Å². The fraction of sp³-hybridized carbons (Fsp3) is 0.250. The lowest BCUT2D eigenvalue weighted by atomic mass is 10.1. The molecular formula is C24H27N4. The molecular weight excluding hydrogens is 344 g/mol. The Morgan fingerprint density at radius 3 is 1.93 bits per heavy atom. The third-order valence-electron chi connectivity index (χ3n) is 5.21. The van der Waals surface area contributed by atoms with Crippen LogP contribution < -0.4 is 20.9 Å². The molecule has 3 aromatic rings. The number of nitrogens with two attached hydrogens (primary N) is 1. The van der Waals surface area contributed by atoms with Gasteiger partial charge < -0.3 is 15.5 Å². The quantitative estimate of drug-likeness (QED) is 0.669. The highest BCUT2D eigenvalue weighted by Gasteiger charge is 2.16. The Morgan fingerprint density at radius 1 is 0.786 bits per heavy atom. The summed E-state index contributed by atoms with van der Waals surface area (Å²) in [6.07, 6.45) is 0. The van der Waals surface area contributed by atoms with E-state index in [1.165, 1.54) is 16.8 Å². The number of piperazine rings is 1. The minimum absolute atomic E-state index is 0.817. The first-order valence-corrected chi connectivity index (χ1v) is 9.90. The molecule has 0 spiro atoms. The van der Waals surface area contributed by atoms with Crippen molar-refractivity contribution >= 4 is 17.1 Å².